The molecule has 2 heterocycles. The summed E-state index contributed by atoms with van der Waals surface area (Å²) >= 11 is 0. The third kappa shape index (κ3) is 1.47. The van der Waals surface area contributed by atoms with Crippen molar-refractivity contribution in [2.24, 2.45) is 0 Å². The molecule has 0 fully saturated rings. The average Bonchev–Trinajstić information content (AvgIpc) is 2.42. The van der Waals surface area contributed by atoms with Crippen molar-refractivity contribution in [2.45, 2.75) is 11.5 Å². The number of hydrogen-bond acceptors (Lipinski definition) is 3. The van der Waals surface area contributed by atoms with Gasteiger partial charge in [0.25, 0.3) is 0 Å². The Kier molecular flexibility index (Phi) is 1.88. The van der Waals surface area contributed by atoms with Crippen LogP contribution in [0.4, 0.5) is 0 Å². The number of hydrogen-bond donors (Lipinski definition) is 1. The van der Waals surface area contributed by atoms with Crippen LogP contribution in [0.25, 0.3) is 0 Å². The smallest absolute Gasteiger partial charge is 0.337 e. The first-order valence-corrected chi connectivity index (χ1v) is 5.21. The van der Waals surface area contributed by atoms with E-state index in [-0.39, 0.29) is 5.56 Å². The van der Waals surface area contributed by atoms with Gasteiger partial charge in [0.05, 0.1) is 22.8 Å². The van der Waals surface area contributed by atoms with Gasteiger partial charge in [-0.2, -0.15) is 0 Å². The fourth-order valence-electron chi connectivity index (χ4n) is 1.29. The molecular formula is C8H7NO3S. The van der Waals surface area contributed by atoms with E-state index in [4.69, 9.17) is 5.11 Å². The van der Waals surface area contributed by atoms with Crippen molar-refractivity contribution < 1.29 is 14.1 Å². The lowest BCUT2D eigenvalue weighted by molar-refractivity contribution is 0.0696. The molecular weight excluding hydrogens is 190 g/mol. The van der Waals surface area contributed by atoms with Gasteiger partial charge in [-0.15, -0.1) is 0 Å². The van der Waals surface area contributed by atoms with E-state index in [9.17, 15) is 9.00 Å². The number of carboxylic acid groups (broad SMARTS) is 1. The molecule has 13 heavy (non-hydrogen) atoms. The SMILES string of the molecule is O=C(O)c1cnc2c(c1)CS(=O)C2. The number of aromatic nitrogens is 1. The van der Waals surface area contributed by atoms with E-state index in [1.54, 1.807) is 6.07 Å². The van der Waals surface area contributed by atoms with Gasteiger partial charge in [-0.3, -0.25) is 9.19 Å². The molecule has 2 rings (SSSR count). The molecule has 1 aromatic heterocycles. The first-order chi connectivity index (χ1) is 6.16. The summed E-state index contributed by atoms with van der Waals surface area (Å²) in [5, 5.41) is 8.67. The van der Waals surface area contributed by atoms with Crippen LogP contribution >= 0.6 is 0 Å². The van der Waals surface area contributed by atoms with Gasteiger partial charge in [0.1, 0.15) is 0 Å². The Morgan fingerprint density at radius 2 is 2.31 bits per heavy atom. The van der Waals surface area contributed by atoms with E-state index < -0.39 is 16.8 Å². The maximum Gasteiger partial charge on any atom is 0.337 e. The molecule has 0 saturated carbocycles. The highest BCUT2D eigenvalue weighted by Gasteiger charge is 2.19. The Morgan fingerprint density at radius 3 is 3.00 bits per heavy atom. The van der Waals surface area contributed by atoms with Crippen LogP contribution in [0.3, 0.4) is 0 Å². The Balaban J connectivity index is 2.45. The molecule has 1 N–H and O–H groups in total. The maximum absolute atomic E-state index is 11.1. The molecule has 0 saturated heterocycles. The van der Waals surface area contributed by atoms with Gasteiger partial charge in [-0.05, 0) is 11.6 Å². The molecule has 0 bridgehead atoms. The summed E-state index contributed by atoms with van der Waals surface area (Å²) in [6.07, 6.45) is 1.31. The first-order valence-electron chi connectivity index (χ1n) is 3.73. The van der Waals surface area contributed by atoms with Crippen LogP contribution in [0.2, 0.25) is 0 Å². The number of nitrogens with zero attached hydrogens (tertiary/aromatic N) is 1. The van der Waals surface area contributed by atoms with Crippen LogP contribution in [0, 0.1) is 0 Å². The van der Waals surface area contributed by atoms with Crippen LogP contribution in [-0.4, -0.2) is 20.3 Å². The Morgan fingerprint density at radius 1 is 1.54 bits per heavy atom. The molecule has 1 unspecified atom stereocenters. The zero-order chi connectivity index (χ0) is 9.42. The normalized spacial score (nSPS) is 19.8. The second kappa shape index (κ2) is 2.92. The van der Waals surface area contributed by atoms with Crippen molar-refractivity contribution in [3.8, 4) is 0 Å². The fraction of sp³-hybridized carbons (Fsp3) is 0.250. The Labute approximate surface area is 77.1 Å². The van der Waals surface area contributed by atoms with E-state index in [1.807, 2.05) is 0 Å². The molecule has 0 aliphatic carbocycles. The Hall–Kier alpha value is -1.23. The second-order valence-corrected chi connectivity index (χ2v) is 4.32. The molecule has 0 spiro atoms. The molecule has 5 heteroatoms. The van der Waals surface area contributed by atoms with Crippen LogP contribution in [-0.2, 0) is 22.3 Å². The first kappa shape index (κ1) is 8.37. The molecule has 0 radical (unpaired) electrons. The van der Waals surface area contributed by atoms with Crippen LogP contribution in [0.5, 0.6) is 0 Å². The van der Waals surface area contributed by atoms with Crippen molar-refractivity contribution in [2.75, 3.05) is 0 Å². The molecule has 1 atom stereocenters. The summed E-state index contributed by atoms with van der Waals surface area (Å²) < 4.78 is 11.1. The number of aromatic carboxylic acids is 1. The van der Waals surface area contributed by atoms with Gasteiger partial charge >= 0.3 is 5.97 Å². The number of carboxylic acids is 1. The summed E-state index contributed by atoms with van der Waals surface area (Å²) in [7, 11) is -0.896. The lowest BCUT2D eigenvalue weighted by atomic mass is 10.2. The molecule has 4 nitrogen and oxygen atoms in total. The van der Waals surface area contributed by atoms with Gasteiger partial charge in [-0.25, -0.2) is 4.79 Å². The van der Waals surface area contributed by atoms with E-state index in [0.29, 0.717) is 11.5 Å². The molecule has 0 aromatic carbocycles. The summed E-state index contributed by atoms with van der Waals surface area (Å²) in [6.45, 7) is 0. The number of carbonyl (C=O) groups is 1. The average molecular weight is 197 g/mol. The van der Waals surface area contributed by atoms with Crippen LogP contribution in [0.15, 0.2) is 12.3 Å². The monoisotopic (exact) mass is 197 g/mol. The standard InChI is InChI=1S/C8H7NO3S/c10-8(11)5-1-6-3-13(12)4-7(6)9-2-5/h1-2H,3-4H2,(H,10,11). The summed E-state index contributed by atoms with van der Waals surface area (Å²) in [5.41, 5.74) is 1.74. The third-order valence-electron chi connectivity index (χ3n) is 1.92. The summed E-state index contributed by atoms with van der Waals surface area (Å²) in [5.74, 6) is -0.105. The highest BCUT2D eigenvalue weighted by molar-refractivity contribution is 7.83. The van der Waals surface area contributed by atoms with E-state index in [2.05, 4.69) is 4.98 Å². The van der Waals surface area contributed by atoms with Gasteiger partial charge < -0.3 is 5.11 Å². The van der Waals surface area contributed by atoms with Gasteiger partial charge in [-0.1, -0.05) is 0 Å². The largest absolute Gasteiger partial charge is 0.478 e. The van der Waals surface area contributed by atoms with E-state index in [1.165, 1.54) is 6.20 Å². The van der Waals surface area contributed by atoms with Crippen molar-refractivity contribution in [3.05, 3.63) is 29.1 Å². The van der Waals surface area contributed by atoms with Crippen LogP contribution in [0.1, 0.15) is 21.6 Å². The zero-order valence-electron chi connectivity index (χ0n) is 6.69. The zero-order valence-corrected chi connectivity index (χ0v) is 7.50. The van der Waals surface area contributed by atoms with E-state index >= 15 is 0 Å². The van der Waals surface area contributed by atoms with Crippen molar-refractivity contribution in [1.29, 1.82) is 0 Å². The summed E-state index contributed by atoms with van der Waals surface area (Å²) in [4.78, 5) is 14.5. The maximum atomic E-state index is 11.1. The van der Waals surface area contributed by atoms with E-state index in [0.717, 1.165) is 11.3 Å². The van der Waals surface area contributed by atoms with Crippen molar-refractivity contribution >= 4 is 16.8 Å². The predicted octanol–water partition coefficient (Wildman–Crippen LogP) is 0.542. The van der Waals surface area contributed by atoms with Crippen molar-refractivity contribution in [3.63, 3.8) is 0 Å². The lowest BCUT2D eigenvalue weighted by Crippen LogP contribution is -1.99. The molecule has 0 amide bonds. The van der Waals surface area contributed by atoms with Gasteiger partial charge in [0.2, 0.25) is 0 Å². The quantitative estimate of drug-likeness (QED) is 0.713. The fourth-order valence-corrected chi connectivity index (χ4v) is 2.55. The summed E-state index contributed by atoms with van der Waals surface area (Å²) in [6, 6.07) is 1.55. The number of fused-ring (bicyclic) bond motifs is 1. The molecule has 1 aliphatic rings. The minimum Gasteiger partial charge on any atom is -0.478 e. The molecule has 68 valence electrons. The highest BCUT2D eigenvalue weighted by atomic mass is 32.2. The lowest BCUT2D eigenvalue weighted by Gasteiger charge is -1.97. The van der Waals surface area contributed by atoms with Crippen molar-refractivity contribution in [1.82, 2.24) is 4.98 Å². The Bertz CT molecular complexity index is 402. The predicted molar refractivity (Wildman–Crippen MR) is 46.7 cm³/mol. The number of pyridine rings is 1. The molecule has 1 aromatic rings. The van der Waals surface area contributed by atoms with Gasteiger partial charge in [0.15, 0.2) is 0 Å². The number of rotatable bonds is 1. The highest BCUT2D eigenvalue weighted by Crippen LogP contribution is 2.20. The third-order valence-corrected chi connectivity index (χ3v) is 3.15. The topological polar surface area (TPSA) is 67.3 Å². The minimum atomic E-state index is -0.993. The molecule has 1 aliphatic heterocycles. The van der Waals surface area contributed by atoms with Gasteiger partial charge in [0, 0.05) is 17.0 Å². The van der Waals surface area contributed by atoms with Crippen LogP contribution < -0.4 is 0 Å². The second-order valence-electron chi connectivity index (χ2n) is 2.86. The minimum absolute atomic E-state index is 0.164.